The second-order valence-electron chi connectivity index (χ2n) is 9.29. The number of nitrogens with one attached hydrogen (secondary N) is 1. The lowest BCUT2D eigenvalue weighted by Crippen LogP contribution is -2.33. The molecule has 190 valence electrons. The molecule has 0 aliphatic carbocycles. The van der Waals surface area contributed by atoms with E-state index in [4.69, 9.17) is 0 Å². The summed E-state index contributed by atoms with van der Waals surface area (Å²) in [5.74, 6) is -2.04. The fourth-order valence-electron chi connectivity index (χ4n) is 5.15. The van der Waals surface area contributed by atoms with Gasteiger partial charge in [0.05, 0.1) is 16.6 Å². The first-order valence-corrected chi connectivity index (χ1v) is 13.9. The van der Waals surface area contributed by atoms with Gasteiger partial charge < -0.3 is 5.32 Å². The van der Waals surface area contributed by atoms with Crippen molar-refractivity contribution >= 4 is 52.2 Å². The maximum atomic E-state index is 13.8. The minimum Gasteiger partial charge on any atom is -0.324 e. The number of aromatic nitrogens is 1. The van der Waals surface area contributed by atoms with Gasteiger partial charge in [-0.25, -0.2) is 4.90 Å². The lowest BCUT2D eigenvalue weighted by atomic mass is 9.83. The first-order valence-electron chi connectivity index (χ1n) is 12.2. The molecule has 3 heterocycles. The number of benzene rings is 3. The lowest BCUT2D eigenvalue weighted by Gasteiger charge is -2.30. The molecule has 6 rings (SSSR count). The number of carbonyl (C=O) groups excluding carboxylic acids is 3. The molecule has 2 unspecified atom stereocenters. The number of hydrogen-bond acceptors (Lipinski definition) is 6. The molecule has 2 aliphatic heterocycles. The number of rotatable bonds is 5. The molecular formula is C29H23N3O4S2. The average Bonchev–Trinajstić information content (AvgIpc) is 3.37. The summed E-state index contributed by atoms with van der Waals surface area (Å²) in [5, 5.41) is 2.75. The van der Waals surface area contributed by atoms with Crippen LogP contribution in [-0.4, -0.2) is 27.5 Å². The van der Waals surface area contributed by atoms with Gasteiger partial charge in [0, 0.05) is 16.5 Å². The highest BCUT2D eigenvalue weighted by Gasteiger charge is 2.56. The van der Waals surface area contributed by atoms with Crippen molar-refractivity contribution in [2.45, 2.75) is 29.7 Å². The minimum atomic E-state index is -0.708. The van der Waals surface area contributed by atoms with Crippen molar-refractivity contribution in [1.82, 2.24) is 4.57 Å². The molecule has 3 amide bonds. The number of amides is 3. The maximum absolute atomic E-state index is 13.8. The largest absolute Gasteiger partial charge is 0.324 e. The van der Waals surface area contributed by atoms with E-state index in [-0.39, 0.29) is 29.1 Å². The van der Waals surface area contributed by atoms with Crippen LogP contribution in [0.3, 0.4) is 0 Å². The second-order valence-corrected chi connectivity index (χ2v) is 11.4. The van der Waals surface area contributed by atoms with Gasteiger partial charge in [0.25, 0.3) is 0 Å². The molecule has 0 saturated carbocycles. The Kier molecular flexibility index (Phi) is 6.25. The average molecular weight is 542 g/mol. The van der Waals surface area contributed by atoms with E-state index < -0.39 is 17.1 Å². The number of para-hydroxylation sites is 2. The molecule has 0 radical (unpaired) electrons. The molecule has 3 atom stereocenters. The van der Waals surface area contributed by atoms with Gasteiger partial charge in [-0.2, -0.15) is 0 Å². The topological polar surface area (TPSA) is 88.5 Å². The van der Waals surface area contributed by atoms with Crippen LogP contribution in [0, 0.1) is 12.8 Å². The van der Waals surface area contributed by atoms with Gasteiger partial charge in [-0.1, -0.05) is 89.8 Å². The third-order valence-corrected chi connectivity index (χ3v) is 9.55. The van der Waals surface area contributed by atoms with Gasteiger partial charge in [-0.05, 0) is 36.2 Å². The number of imide groups is 1. The molecule has 3 aromatic carbocycles. The van der Waals surface area contributed by atoms with Gasteiger partial charge in [-0.15, -0.1) is 0 Å². The number of aryl methyl sites for hydroxylation is 1. The third-order valence-electron chi connectivity index (χ3n) is 6.94. The Labute approximate surface area is 227 Å². The van der Waals surface area contributed by atoms with Crippen LogP contribution in [0.5, 0.6) is 0 Å². The number of carbonyl (C=O) groups is 3. The summed E-state index contributed by atoms with van der Waals surface area (Å²) in [6.07, 6.45) is 0. The van der Waals surface area contributed by atoms with E-state index in [9.17, 15) is 19.2 Å². The molecule has 0 spiro atoms. The van der Waals surface area contributed by atoms with Crippen molar-refractivity contribution in [3.63, 3.8) is 0 Å². The van der Waals surface area contributed by atoms with E-state index in [2.05, 4.69) is 5.32 Å². The summed E-state index contributed by atoms with van der Waals surface area (Å²) >= 11 is 2.26. The van der Waals surface area contributed by atoms with Crippen LogP contribution in [0.2, 0.25) is 0 Å². The summed E-state index contributed by atoms with van der Waals surface area (Å²) in [5.41, 5.74) is 2.98. The zero-order chi connectivity index (χ0) is 26.4. The summed E-state index contributed by atoms with van der Waals surface area (Å²) in [4.78, 5) is 55.4. The van der Waals surface area contributed by atoms with Crippen molar-refractivity contribution < 1.29 is 14.4 Å². The summed E-state index contributed by atoms with van der Waals surface area (Å²) < 4.78 is 1.44. The van der Waals surface area contributed by atoms with Gasteiger partial charge in [-0.3, -0.25) is 23.7 Å². The first-order chi connectivity index (χ1) is 18.4. The van der Waals surface area contributed by atoms with Crippen molar-refractivity contribution in [1.29, 1.82) is 0 Å². The lowest BCUT2D eigenvalue weighted by molar-refractivity contribution is -0.122. The first kappa shape index (κ1) is 24.4. The Morgan fingerprint density at radius 3 is 2.24 bits per heavy atom. The summed E-state index contributed by atoms with van der Waals surface area (Å²) in [7, 11) is 0. The molecule has 1 saturated heterocycles. The van der Waals surface area contributed by atoms with Crippen LogP contribution in [0.15, 0.2) is 94.7 Å². The number of thioether (sulfide) groups is 1. The van der Waals surface area contributed by atoms with Crippen LogP contribution in [0.4, 0.5) is 11.4 Å². The van der Waals surface area contributed by atoms with Gasteiger partial charge in [0.2, 0.25) is 17.7 Å². The van der Waals surface area contributed by atoms with Gasteiger partial charge in [0.1, 0.15) is 11.8 Å². The van der Waals surface area contributed by atoms with Crippen LogP contribution in [-0.2, 0) is 20.9 Å². The third kappa shape index (κ3) is 4.08. The van der Waals surface area contributed by atoms with Crippen molar-refractivity contribution in [2.24, 2.45) is 5.92 Å². The molecule has 7 nitrogen and oxygen atoms in total. The molecule has 9 heteroatoms. The Bertz CT molecular complexity index is 1610. The Morgan fingerprint density at radius 1 is 0.868 bits per heavy atom. The zero-order valence-electron chi connectivity index (χ0n) is 20.4. The minimum absolute atomic E-state index is 0.185. The van der Waals surface area contributed by atoms with Crippen LogP contribution in [0.1, 0.15) is 21.9 Å². The highest BCUT2D eigenvalue weighted by molar-refractivity contribution is 8.00. The fourth-order valence-corrected chi connectivity index (χ4v) is 7.93. The molecule has 4 aromatic rings. The van der Waals surface area contributed by atoms with E-state index in [1.165, 1.54) is 21.2 Å². The van der Waals surface area contributed by atoms with E-state index in [0.29, 0.717) is 21.3 Å². The van der Waals surface area contributed by atoms with Gasteiger partial charge >= 0.3 is 4.87 Å². The number of fused-ring (bicyclic) bond motifs is 2. The molecule has 1 N–H and O–H groups in total. The van der Waals surface area contributed by atoms with Crippen LogP contribution >= 0.6 is 23.1 Å². The number of thiazole rings is 1. The quantitative estimate of drug-likeness (QED) is 0.372. The Balaban J connectivity index is 1.41. The Hall–Kier alpha value is -3.95. The van der Waals surface area contributed by atoms with Crippen molar-refractivity contribution in [2.75, 3.05) is 10.2 Å². The van der Waals surface area contributed by atoms with Crippen LogP contribution in [0.25, 0.3) is 0 Å². The van der Waals surface area contributed by atoms with Crippen molar-refractivity contribution in [3.05, 3.63) is 111 Å². The second kappa shape index (κ2) is 9.74. The normalized spacial score (nSPS) is 20.2. The standard InChI is InChI=1S/C29H23N3O4S2/c1-17-10-8-9-15-20(17)30-21(33)16-31-28-25(38-29(31)36)22(18-11-4-2-5-12-18)23-24(37-28)27(35)32(26(23)34)19-13-6-3-7-14-19/h2-15,22-24H,16H2,1H3,(H,30,33)/t22-,23?,24?/m1/s1. The van der Waals surface area contributed by atoms with Crippen LogP contribution < -0.4 is 15.1 Å². The van der Waals surface area contributed by atoms with Crippen molar-refractivity contribution in [3.8, 4) is 0 Å². The van der Waals surface area contributed by atoms with E-state index in [1.807, 2.05) is 67.6 Å². The Morgan fingerprint density at radius 2 is 1.53 bits per heavy atom. The predicted molar refractivity (Wildman–Crippen MR) is 149 cm³/mol. The van der Waals surface area contributed by atoms with E-state index in [0.717, 1.165) is 22.5 Å². The van der Waals surface area contributed by atoms with E-state index >= 15 is 0 Å². The monoisotopic (exact) mass is 541 g/mol. The molecule has 1 aromatic heterocycles. The summed E-state index contributed by atoms with van der Waals surface area (Å²) in [6.45, 7) is 1.71. The molecule has 38 heavy (non-hydrogen) atoms. The molecule has 0 bridgehead atoms. The number of nitrogens with zero attached hydrogens (tertiary/aromatic N) is 2. The smallest absolute Gasteiger partial charge is 0.308 e. The fraction of sp³-hybridized carbons (Fsp3) is 0.172. The summed E-state index contributed by atoms with van der Waals surface area (Å²) in [6, 6.07) is 25.9. The maximum Gasteiger partial charge on any atom is 0.308 e. The molecular weight excluding hydrogens is 518 g/mol. The molecule has 1 fully saturated rings. The number of hydrogen-bond donors (Lipinski definition) is 1. The molecule has 2 aliphatic rings. The van der Waals surface area contributed by atoms with E-state index in [1.54, 1.807) is 24.3 Å². The SMILES string of the molecule is Cc1ccccc1NC(=O)Cn1c2c(sc1=O)[C@H](c1ccccc1)C1C(=O)N(c3ccccc3)C(=O)C1S2. The van der Waals surface area contributed by atoms with Gasteiger partial charge in [0.15, 0.2) is 0 Å². The predicted octanol–water partition coefficient (Wildman–Crippen LogP) is 4.65. The highest BCUT2D eigenvalue weighted by atomic mass is 32.2. The zero-order valence-corrected chi connectivity index (χ0v) is 22.0. The number of anilines is 2. The highest BCUT2D eigenvalue weighted by Crippen LogP contribution is 2.53.